The highest BCUT2D eigenvalue weighted by atomic mass is 32.2. The van der Waals surface area contributed by atoms with E-state index in [1.54, 1.807) is 6.07 Å². The van der Waals surface area contributed by atoms with Gasteiger partial charge in [-0.05, 0) is 42.0 Å². The maximum atomic E-state index is 12.5. The van der Waals surface area contributed by atoms with Crippen LogP contribution >= 0.6 is 0 Å². The van der Waals surface area contributed by atoms with E-state index in [1.807, 2.05) is 0 Å². The summed E-state index contributed by atoms with van der Waals surface area (Å²) in [6.07, 6.45) is 2.40. The summed E-state index contributed by atoms with van der Waals surface area (Å²) in [6.45, 7) is 0. The average Bonchev–Trinajstić information content (AvgIpc) is 2.59. The first-order chi connectivity index (χ1) is 11.8. The summed E-state index contributed by atoms with van der Waals surface area (Å²) in [6, 6.07) is 11.6. The first-order valence-corrected chi connectivity index (χ1v) is 8.45. The predicted octanol–water partition coefficient (Wildman–Crippen LogP) is 1.10. The van der Waals surface area contributed by atoms with Gasteiger partial charge in [-0.2, -0.15) is 0 Å². The lowest BCUT2D eigenvalue weighted by atomic mass is 10.2. The molecule has 0 saturated heterocycles. The molecule has 0 aliphatic rings. The SMILES string of the molecule is NC(=O)c1cccc(NS(=O)(=O)c2cccc(C=CC(=O)NO)c2)c1. The number of sulfonamides is 1. The van der Waals surface area contributed by atoms with Crippen molar-refractivity contribution >= 4 is 33.6 Å². The molecule has 0 heterocycles. The van der Waals surface area contributed by atoms with Gasteiger partial charge in [-0.3, -0.25) is 19.5 Å². The van der Waals surface area contributed by atoms with Gasteiger partial charge in [0.05, 0.1) is 4.90 Å². The Morgan fingerprint density at radius 1 is 1.08 bits per heavy atom. The summed E-state index contributed by atoms with van der Waals surface area (Å²) in [4.78, 5) is 22.1. The fraction of sp³-hybridized carbons (Fsp3) is 0. The summed E-state index contributed by atoms with van der Waals surface area (Å²) in [5.41, 5.74) is 7.41. The number of carbonyl (C=O) groups excluding carboxylic acids is 2. The van der Waals surface area contributed by atoms with E-state index in [0.29, 0.717) is 5.56 Å². The molecule has 0 spiro atoms. The first-order valence-electron chi connectivity index (χ1n) is 6.97. The summed E-state index contributed by atoms with van der Waals surface area (Å²) in [5, 5.41) is 8.43. The quantitative estimate of drug-likeness (QED) is 0.347. The highest BCUT2D eigenvalue weighted by Gasteiger charge is 2.15. The van der Waals surface area contributed by atoms with Crippen molar-refractivity contribution < 1.29 is 23.2 Å². The Balaban J connectivity index is 2.28. The van der Waals surface area contributed by atoms with E-state index in [1.165, 1.54) is 54.0 Å². The van der Waals surface area contributed by atoms with Gasteiger partial charge in [0.2, 0.25) is 5.91 Å². The Morgan fingerprint density at radius 2 is 1.80 bits per heavy atom. The molecule has 8 nitrogen and oxygen atoms in total. The van der Waals surface area contributed by atoms with Crippen LogP contribution in [0.2, 0.25) is 0 Å². The molecule has 2 amide bonds. The van der Waals surface area contributed by atoms with Crippen molar-refractivity contribution in [2.45, 2.75) is 4.90 Å². The predicted molar refractivity (Wildman–Crippen MR) is 91.2 cm³/mol. The van der Waals surface area contributed by atoms with E-state index in [-0.39, 0.29) is 16.1 Å². The van der Waals surface area contributed by atoms with E-state index >= 15 is 0 Å². The topological polar surface area (TPSA) is 139 Å². The summed E-state index contributed by atoms with van der Waals surface area (Å²) < 4.78 is 27.3. The zero-order chi connectivity index (χ0) is 18.4. The van der Waals surface area contributed by atoms with Crippen molar-refractivity contribution in [1.82, 2.24) is 5.48 Å². The minimum atomic E-state index is -3.91. The fourth-order valence-electron chi connectivity index (χ4n) is 1.94. The molecule has 0 bridgehead atoms. The second-order valence-corrected chi connectivity index (χ2v) is 6.61. The van der Waals surface area contributed by atoms with Gasteiger partial charge in [0.25, 0.3) is 15.9 Å². The fourth-order valence-corrected chi connectivity index (χ4v) is 3.05. The van der Waals surface area contributed by atoms with E-state index < -0.39 is 21.8 Å². The molecule has 0 saturated carbocycles. The van der Waals surface area contributed by atoms with Crippen molar-refractivity contribution in [3.63, 3.8) is 0 Å². The molecule has 130 valence electrons. The van der Waals surface area contributed by atoms with Crippen molar-refractivity contribution in [1.29, 1.82) is 0 Å². The minimum absolute atomic E-state index is 0.0384. The van der Waals surface area contributed by atoms with Crippen LogP contribution in [-0.4, -0.2) is 25.4 Å². The van der Waals surface area contributed by atoms with E-state index in [2.05, 4.69) is 4.72 Å². The van der Waals surface area contributed by atoms with Crippen molar-refractivity contribution in [2.75, 3.05) is 4.72 Å². The highest BCUT2D eigenvalue weighted by Crippen LogP contribution is 2.18. The molecule has 0 aliphatic heterocycles. The van der Waals surface area contributed by atoms with Gasteiger partial charge in [0.15, 0.2) is 0 Å². The average molecular weight is 361 g/mol. The van der Waals surface area contributed by atoms with Gasteiger partial charge in [-0.15, -0.1) is 0 Å². The number of rotatable bonds is 6. The van der Waals surface area contributed by atoms with Gasteiger partial charge < -0.3 is 5.73 Å². The van der Waals surface area contributed by atoms with Crippen molar-refractivity contribution in [3.8, 4) is 0 Å². The van der Waals surface area contributed by atoms with Crippen LogP contribution in [0.5, 0.6) is 0 Å². The highest BCUT2D eigenvalue weighted by molar-refractivity contribution is 7.92. The van der Waals surface area contributed by atoms with Crippen molar-refractivity contribution in [2.24, 2.45) is 5.73 Å². The van der Waals surface area contributed by atoms with E-state index in [9.17, 15) is 18.0 Å². The number of primary amides is 1. The number of hydroxylamine groups is 1. The number of hydrogen-bond donors (Lipinski definition) is 4. The summed E-state index contributed by atoms with van der Waals surface area (Å²) in [5.74, 6) is -1.41. The van der Waals surface area contributed by atoms with Crippen LogP contribution in [0.15, 0.2) is 59.5 Å². The molecule has 0 aliphatic carbocycles. The monoisotopic (exact) mass is 361 g/mol. The lowest BCUT2D eigenvalue weighted by Gasteiger charge is -2.09. The Kier molecular flexibility index (Phi) is 5.52. The summed E-state index contributed by atoms with van der Waals surface area (Å²) >= 11 is 0. The number of amides is 2. The van der Waals surface area contributed by atoms with E-state index in [0.717, 1.165) is 6.08 Å². The van der Waals surface area contributed by atoms with Crippen LogP contribution < -0.4 is 15.9 Å². The van der Waals surface area contributed by atoms with Crippen LogP contribution in [0.25, 0.3) is 6.08 Å². The molecule has 2 aromatic rings. The summed E-state index contributed by atoms with van der Waals surface area (Å²) in [7, 11) is -3.91. The third-order valence-corrected chi connectivity index (χ3v) is 4.48. The third-order valence-electron chi connectivity index (χ3n) is 3.11. The van der Waals surface area contributed by atoms with Gasteiger partial charge in [0.1, 0.15) is 0 Å². The Labute approximate surface area is 144 Å². The third kappa shape index (κ3) is 4.90. The Hall–Kier alpha value is -3.17. The minimum Gasteiger partial charge on any atom is -0.366 e. The molecule has 0 unspecified atom stereocenters. The van der Waals surface area contributed by atoms with Gasteiger partial charge in [-0.1, -0.05) is 18.2 Å². The maximum absolute atomic E-state index is 12.5. The smallest absolute Gasteiger partial charge is 0.267 e. The molecular formula is C16H15N3O5S. The number of benzene rings is 2. The lowest BCUT2D eigenvalue weighted by Crippen LogP contribution is -2.15. The normalized spacial score (nSPS) is 11.2. The number of hydrogen-bond acceptors (Lipinski definition) is 5. The molecule has 0 radical (unpaired) electrons. The number of anilines is 1. The largest absolute Gasteiger partial charge is 0.366 e. The molecule has 0 aromatic heterocycles. The molecule has 9 heteroatoms. The van der Waals surface area contributed by atoms with Gasteiger partial charge >= 0.3 is 0 Å². The van der Waals surface area contributed by atoms with Crippen LogP contribution in [0, 0.1) is 0 Å². The van der Waals surface area contributed by atoms with Crippen LogP contribution in [0.4, 0.5) is 5.69 Å². The van der Waals surface area contributed by atoms with E-state index in [4.69, 9.17) is 10.9 Å². The molecule has 0 atom stereocenters. The maximum Gasteiger partial charge on any atom is 0.267 e. The zero-order valence-electron chi connectivity index (χ0n) is 12.8. The second kappa shape index (κ2) is 7.60. The van der Waals surface area contributed by atoms with Crippen molar-refractivity contribution in [3.05, 3.63) is 65.7 Å². The van der Waals surface area contributed by atoms with Crippen LogP contribution in [0.1, 0.15) is 15.9 Å². The van der Waals surface area contributed by atoms with Crippen LogP contribution in [-0.2, 0) is 14.8 Å². The Bertz CT molecular complexity index is 938. The molecule has 2 rings (SSSR count). The number of nitrogens with two attached hydrogens (primary N) is 1. The second-order valence-electron chi connectivity index (χ2n) is 4.93. The number of nitrogens with one attached hydrogen (secondary N) is 2. The Morgan fingerprint density at radius 3 is 2.48 bits per heavy atom. The molecule has 5 N–H and O–H groups in total. The molecule has 25 heavy (non-hydrogen) atoms. The van der Waals surface area contributed by atoms with Gasteiger partial charge in [-0.25, -0.2) is 13.9 Å². The number of carbonyl (C=O) groups is 2. The lowest BCUT2D eigenvalue weighted by molar-refractivity contribution is -0.124. The first kappa shape index (κ1) is 18.2. The zero-order valence-corrected chi connectivity index (χ0v) is 13.7. The van der Waals surface area contributed by atoms with Gasteiger partial charge in [0, 0.05) is 17.3 Å². The standard InChI is InChI=1S/C16H15N3O5S/c17-16(21)12-4-2-5-13(10-12)19-25(23,24)14-6-1-3-11(9-14)7-8-15(20)18-22/h1-10,19,22H,(H2,17,21)(H,18,20). The van der Waals surface area contributed by atoms with Crippen LogP contribution in [0.3, 0.4) is 0 Å². The molecule has 2 aromatic carbocycles. The molecule has 0 fully saturated rings. The molecular weight excluding hydrogens is 346 g/mol.